The molecule has 0 radical (unpaired) electrons. The van der Waals surface area contributed by atoms with Crippen LogP contribution in [-0.4, -0.2) is 29.5 Å². The second kappa shape index (κ2) is 6.00. The van der Waals surface area contributed by atoms with E-state index in [9.17, 15) is 5.11 Å². The minimum atomic E-state index is -0.193. The smallest absolute Gasteiger partial charge is 0.268 e. The first kappa shape index (κ1) is 15.8. The number of hydrogen-bond acceptors (Lipinski definition) is 5. The fraction of sp³-hybridized carbons (Fsp3) is 0.368. The van der Waals surface area contributed by atoms with E-state index < -0.39 is 0 Å². The molecule has 0 bridgehead atoms. The highest BCUT2D eigenvalue weighted by Gasteiger charge is 2.42. The maximum Gasteiger partial charge on any atom is 0.268 e. The number of ether oxygens (including phenoxy) is 2. The molecule has 1 aromatic heterocycles. The van der Waals surface area contributed by atoms with Crippen LogP contribution in [0.2, 0.25) is 12.6 Å². The summed E-state index contributed by atoms with van der Waals surface area (Å²) < 4.78 is 11.7. The lowest BCUT2D eigenvalue weighted by molar-refractivity contribution is 0.0331. The minimum Gasteiger partial charge on any atom is -0.508 e. The molecule has 1 N–H and O–H groups in total. The van der Waals surface area contributed by atoms with Crippen LogP contribution in [0, 0.1) is 11.2 Å². The van der Waals surface area contributed by atoms with Crippen molar-refractivity contribution >= 4 is 23.2 Å². The molecular weight excluding hydrogens is 315 g/mol. The van der Waals surface area contributed by atoms with Crippen molar-refractivity contribution in [1.82, 2.24) is 4.98 Å². The summed E-state index contributed by atoms with van der Waals surface area (Å²) in [4.78, 5) is 4.50. The molecule has 0 saturated carbocycles. The Bertz CT molecular complexity index is 895. The van der Waals surface area contributed by atoms with Gasteiger partial charge in [-0.15, -0.1) is 0 Å². The van der Waals surface area contributed by atoms with Crippen LogP contribution < -0.4 is 4.74 Å². The lowest BCUT2D eigenvalue weighted by atomic mass is 9.41. The Morgan fingerprint density at radius 1 is 1.36 bits per heavy atom. The molecule has 0 aliphatic carbocycles. The molecule has 0 amide bonds. The van der Waals surface area contributed by atoms with E-state index in [0.29, 0.717) is 5.75 Å². The molecule has 4 rings (SSSR count). The number of methoxy groups -OCH3 is 1. The van der Waals surface area contributed by atoms with Crippen molar-refractivity contribution in [2.24, 2.45) is 0 Å². The van der Waals surface area contributed by atoms with Crippen molar-refractivity contribution in [2.45, 2.75) is 37.5 Å². The molecule has 1 spiro atoms. The SMILES string of the molecule is COc1c(C2=COC3(CCB(C#N)CC3)C2)cnc2ccc(O)cc12. The van der Waals surface area contributed by atoms with Gasteiger partial charge < -0.3 is 14.6 Å². The third-order valence-electron chi connectivity index (χ3n) is 5.40. The lowest BCUT2D eigenvalue weighted by Gasteiger charge is -2.33. The Morgan fingerprint density at radius 3 is 2.88 bits per heavy atom. The van der Waals surface area contributed by atoms with E-state index in [1.54, 1.807) is 25.3 Å². The highest BCUT2D eigenvalue weighted by Crippen LogP contribution is 2.46. The fourth-order valence-corrected chi connectivity index (χ4v) is 3.96. The number of aromatic nitrogens is 1. The Morgan fingerprint density at radius 2 is 2.16 bits per heavy atom. The van der Waals surface area contributed by atoms with E-state index >= 15 is 0 Å². The van der Waals surface area contributed by atoms with E-state index in [1.807, 2.05) is 12.5 Å². The number of aromatic hydroxyl groups is 1. The van der Waals surface area contributed by atoms with Gasteiger partial charge in [0, 0.05) is 35.1 Å². The summed E-state index contributed by atoms with van der Waals surface area (Å²) >= 11 is 0. The molecule has 3 heterocycles. The lowest BCUT2D eigenvalue weighted by Crippen LogP contribution is -2.35. The average Bonchev–Trinajstić information content (AvgIpc) is 3.05. The Balaban J connectivity index is 1.66. The number of phenols is 1. The number of nitrogens with zero attached hydrogens (tertiary/aromatic N) is 2. The second-order valence-electron chi connectivity index (χ2n) is 6.93. The number of rotatable bonds is 2. The van der Waals surface area contributed by atoms with E-state index in [1.165, 1.54) is 0 Å². The van der Waals surface area contributed by atoms with Crippen LogP contribution in [0.1, 0.15) is 24.8 Å². The average molecular weight is 334 g/mol. The molecule has 126 valence electrons. The van der Waals surface area contributed by atoms with Gasteiger partial charge >= 0.3 is 0 Å². The van der Waals surface area contributed by atoms with E-state index in [4.69, 9.17) is 14.7 Å². The topological polar surface area (TPSA) is 75.4 Å². The second-order valence-corrected chi connectivity index (χ2v) is 6.93. The van der Waals surface area contributed by atoms with Gasteiger partial charge in [0.25, 0.3) is 6.71 Å². The molecule has 2 aromatic rings. The third-order valence-corrected chi connectivity index (χ3v) is 5.40. The van der Waals surface area contributed by atoms with Gasteiger partial charge in [0.05, 0.1) is 18.9 Å². The Labute approximate surface area is 147 Å². The van der Waals surface area contributed by atoms with Crippen molar-refractivity contribution in [3.05, 3.63) is 36.2 Å². The van der Waals surface area contributed by atoms with Crippen LogP contribution in [0.15, 0.2) is 30.7 Å². The molecule has 0 atom stereocenters. The predicted octanol–water partition coefficient (Wildman–Crippen LogP) is 3.80. The molecule has 2 aliphatic heterocycles. The zero-order valence-corrected chi connectivity index (χ0v) is 14.2. The summed E-state index contributed by atoms with van der Waals surface area (Å²) in [5.41, 5.74) is 2.55. The van der Waals surface area contributed by atoms with Crippen LogP contribution in [0.25, 0.3) is 16.5 Å². The summed E-state index contributed by atoms with van der Waals surface area (Å²) in [6.45, 7) is 0.151. The highest BCUT2D eigenvalue weighted by molar-refractivity contribution is 6.67. The number of nitriles is 1. The molecule has 1 aromatic carbocycles. The standard InChI is InChI=1S/C19H19BN2O3/c1-24-18-15-8-14(23)2-3-17(15)22-10-16(18)13-9-19(25-11-13)4-6-20(12-21)7-5-19/h2-3,8,10-11,23H,4-7,9H2,1H3. The van der Waals surface area contributed by atoms with Gasteiger partial charge in [0.15, 0.2) is 0 Å². The zero-order valence-electron chi connectivity index (χ0n) is 14.2. The van der Waals surface area contributed by atoms with Crippen molar-refractivity contribution in [3.63, 3.8) is 0 Å². The monoisotopic (exact) mass is 334 g/mol. The Hall–Kier alpha value is -2.68. The fourth-order valence-electron chi connectivity index (χ4n) is 3.96. The molecule has 5 nitrogen and oxygen atoms in total. The van der Waals surface area contributed by atoms with Gasteiger partial charge in [-0.25, -0.2) is 5.26 Å². The number of benzene rings is 1. The molecule has 2 aliphatic rings. The van der Waals surface area contributed by atoms with E-state index in [0.717, 1.165) is 53.9 Å². The van der Waals surface area contributed by atoms with Crippen molar-refractivity contribution < 1.29 is 14.6 Å². The molecule has 25 heavy (non-hydrogen) atoms. The number of pyridine rings is 1. The maximum atomic E-state index is 9.80. The van der Waals surface area contributed by atoms with Gasteiger partial charge in [0.2, 0.25) is 0 Å². The van der Waals surface area contributed by atoms with Crippen LogP contribution in [0.5, 0.6) is 11.5 Å². The maximum absolute atomic E-state index is 9.80. The van der Waals surface area contributed by atoms with Crippen LogP contribution in [-0.2, 0) is 4.74 Å². The van der Waals surface area contributed by atoms with E-state index in [2.05, 4.69) is 11.0 Å². The molecular formula is C19H19BN2O3. The summed E-state index contributed by atoms with van der Waals surface area (Å²) in [5, 5.41) is 19.7. The van der Waals surface area contributed by atoms with Gasteiger partial charge in [-0.05, 0) is 31.0 Å². The summed E-state index contributed by atoms with van der Waals surface area (Å²) in [5.74, 6) is 3.27. The van der Waals surface area contributed by atoms with Crippen molar-refractivity contribution in [2.75, 3.05) is 7.11 Å². The van der Waals surface area contributed by atoms with E-state index in [-0.39, 0.29) is 18.1 Å². The summed E-state index contributed by atoms with van der Waals surface area (Å²) in [6.07, 6.45) is 8.00. The van der Waals surface area contributed by atoms with Crippen LogP contribution >= 0.6 is 0 Å². The first-order valence-electron chi connectivity index (χ1n) is 8.57. The number of phenolic OH excluding ortho intramolecular Hbond substituents is 1. The minimum absolute atomic E-state index is 0.151. The molecule has 6 heteroatoms. The number of fused-ring (bicyclic) bond motifs is 1. The van der Waals surface area contributed by atoms with Crippen molar-refractivity contribution in [1.29, 1.82) is 5.26 Å². The first-order valence-corrected chi connectivity index (χ1v) is 8.57. The summed E-state index contributed by atoms with van der Waals surface area (Å²) in [7, 11) is 1.63. The first-order chi connectivity index (χ1) is 12.1. The van der Waals surface area contributed by atoms with Gasteiger partial charge in [0.1, 0.15) is 17.1 Å². The molecule has 1 saturated heterocycles. The number of hydrogen-bond donors (Lipinski definition) is 1. The largest absolute Gasteiger partial charge is 0.508 e. The molecule has 1 fully saturated rings. The molecule has 0 unspecified atom stereocenters. The van der Waals surface area contributed by atoms with Crippen LogP contribution in [0.4, 0.5) is 0 Å². The van der Waals surface area contributed by atoms with Gasteiger partial charge in [-0.3, -0.25) is 4.98 Å². The van der Waals surface area contributed by atoms with Crippen LogP contribution in [0.3, 0.4) is 0 Å². The highest BCUT2D eigenvalue weighted by atomic mass is 16.5. The zero-order chi connectivity index (χ0) is 17.4. The van der Waals surface area contributed by atoms with Gasteiger partial charge in [-0.2, -0.15) is 0 Å². The normalized spacial score (nSPS) is 18.7. The van der Waals surface area contributed by atoms with Gasteiger partial charge in [-0.1, -0.05) is 12.6 Å². The van der Waals surface area contributed by atoms with Crippen molar-refractivity contribution in [3.8, 4) is 17.5 Å². The quantitative estimate of drug-likeness (QED) is 0.846. The third kappa shape index (κ3) is 2.70. The summed E-state index contributed by atoms with van der Waals surface area (Å²) in [6, 6.07) is 5.07. The predicted molar refractivity (Wildman–Crippen MR) is 96.6 cm³/mol. The Kier molecular flexibility index (Phi) is 3.80.